The van der Waals surface area contributed by atoms with E-state index in [0.717, 1.165) is 0 Å². The zero-order valence-electron chi connectivity index (χ0n) is 8.93. The number of methoxy groups -OCH3 is 1. The lowest BCUT2D eigenvalue weighted by Crippen LogP contribution is -2.36. The number of aryl methyl sites for hydroxylation is 1. The van der Waals surface area contributed by atoms with Gasteiger partial charge in [-0.05, 0) is 6.42 Å². The molecule has 84 valence electrons. The number of hydrogen-bond donors (Lipinski definition) is 2. The van der Waals surface area contributed by atoms with Crippen molar-refractivity contribution in [3.8, 4) is 0 Å². The van der Waals surface area contributed by atoms with Crippen molar-refractivity contribution in [1.29, 1.82) is 0 Å². The molecule has 15 heavy (non-hydrogen) atoms. The highest BCUT2D eigenvalue weighted by atomic mass is 16.5. The minimum Gasteiger partial charge on any atom is -0.385 e. The molecule has 0 bridgehead atoms. The van der Waals surface area contributed by atoms with Crippen LogP contribution < -0.4 is 11.1 Å². The molecule has 3 N–H and O–H groups in total. The van der Waals surface area contributed by atoms with Gasteiger partial charge in [0.05, 0.1) is 12.2 Å². The Hall–Kier alpha value is -1.40. The maximum absolute atomic E-state index is 11.5. The third-order valence-corrected chi connectivity index (χ3v) is 2.04. The number of nitrogens with one attached hydrogen (secondary N) is 1. The largest absolute Gasteiger partial charge is 0.385 e. The molecule has 1 atom stereocenters. The van der Waals surface area contributed by atoms with Crippen LogP contribution in [0.1, 0.15) is 6.42 Å². The minimum atomic E-state index is -0.556. The molecule has 6 heteroatoms. The topological polar surface area (TPSA) is 82.2 Å². The van der Waals surface area contributed by atoms with Crippen LogP contribution in [0.15, 0.2) is 12.3 Å². The van der Waals surface area contributed by atoms with Gasteiger partial charge in [-0.1, -0.05) is 0 Å². The number of amides is 1. The number of anilines is 1. The molecule has 0 saturated heterocycles. The number of nitrogens with zero attached hydrogens (tertiary/aromatic N) is 2. The second kappa shape index (κ2) is 5.47. The smallest absolute Gasteiger partial charge is 0.242 e. The van der Waals surface area contributed by atoms with Crippen molar-refractivity contribution < 1.29 is 9.53 Å². The predicted octanol–water partition coefficient (Wildman–Crippen LogP) is -0.278. The minimum absolute atomic E-state index is 0.226. The molecule has 0 saturated carbocycles. The van der Waals surface area contributed by atoms with Crippen molar-refractivity contribution in [2.75, 3.05) is 19.0 Å². The van der Waals surface area contributed by atoms with Crippen molar-refractivity contribution in [3.63, 3.8) is 0 Å². The monoisotopic (exact) mass is 212 g/mol. The van der Waals surface area contributed by atoms with E-state index in [2.05, 4.69) is 10.4 Å². The van der Waals surface area contributed by atoms with Crippen LogP contribution in [0.25, 0.3) is 0 Å². The average Bonchev–Trinajstić information content (AvgIpc) is 2.61. The van der Waals surface area contributed by atoms with Gasteiger partial charge in [0.2, 0.25) is 5.91 Å². The average molecular weight is 212 g/mol. The number of rotatable bonds is 5. The summed E-state index contributed by atoms with van der Waals surface area (Å²) in [6.07, 6.45) is 2.11. The molecular formula is C9H16N4O2. The van der Waals surface area contributed by atoms with Crippen LogP contribution in [0.2, 0.25) is 0 Å². The summed E-state index contributed by atoms with van der Waals surface area (Å²) in [6, 6.07) is 1.15. The molecule has 1 aromatic heterocycles. The van der Waals surface area contributed by atoms with Crippen LogP contribution in [-0.4, -0.2) is 35.4 Å². The molecular weight excluding hydrogens is 196 g/mol. The van der Waals surface area contributed by atoms with Gasteiger partial charge in [-0.25, -0.2) is 0 Å². The molecule has 1 unspecified atom stereocenters. The SMILES string of the molecule is COCCC(N)C(=O)Nc1ccnn1C. The second-order valence-corrected chi connectivity index (χ2v) is 3.22. The third-order valence-electron chi connectivity index (χ3n) is 2.04. The highest BCUT2D eigenvalue weighted by molar-refractivity contribution is 5.93. The van der Waals surface area contributed by atoms with E-state index in [1.807, 2.05) is 0 Å². The third kappa shape index (κ3) is 3.34. The van der Waals surface area contributed by atoms with E-state index in [0.29, 0.717) is 18.8 Å². The summed E-state index contributed by atoms with van der Waals surface area (Å²) < 4.78 is 6.41. The van der Waals surface area contributed by atoms with Crippen LogP contribution in [-0.2, 0) is 16.6 Å². The maximum Gasteiger partial charge on any atom is 0.242 e. The Balaban J connectivity index is 2.45. The Morgan fingerprint density at radius 1 is 1.80 bits per heavy atom. The van der Waals surface area contributed by atoms with Crippen molar-refractivity contribution in [1.82, 2.24) is 9.78 Å². The molecule has 6 nitrogen and oxygen atoms in total. The van der Waals surface area contributed by atoms with E-state index < -0.39 is 6.04 Å². The van der Waals surface area contributed by atoms with Crippen LogP contribution >= 0.6 is 0 Å². The first-order valence-electron chi connectivity index (χ1n) is 4.68. The molecule has 0 aliphatic carbocycles. The normalized spacial score (nSPS) is 12.5. The Kier molecular flexibility index (Phi) is 4.26. The molecule has 1 aromatic rings. The fourth-order valence-electron chi connectivity index (χ4n) is 1.09. The van der Waals surface area contributed by atoms with Crippen molar-refractivity contribution >= 4 is 11.7 Å². The summed E-state index contributed by atoms with van der Waals surface area (Å²) in [5, 5.41) is 6.61. The lowest BCUT2D eigenvalue weighted by molar-refractivity contribution is -0.117. The quantitative estimate of drug-likeness (QED) is 0.703. The van der Waals surface area contributed by atoms with E-state index in [1.165, 1.54) is 0 Å². The Bertz CT molecular complexity index is 324. The van der Waals surface area contributed by atoms with Gasteiger partial charge >= 0.3 is 0 Å². The number of nitrogens with two attached hydrogens (primary N) is 1. The first kappa shape index (κ1) is 11.7. The summed E-state index contributed by atoms with van der Waals surface area (Å²) in [5.41, 5.74) is 5.65. The van der Waals surface area contributed by atoms with Gasteiger partial charge < -0.3 is 15.8 Å². The highest BCUT2D eigenvalue weighted by Gasteiger charge is 2.14. The molecule has 0 radical (unpaired) electrons. The molecule has 1 amide bonds. The Morgan fingerprint density at radius 3 is 3.07 bits per heavy atom. The first-order valence-corrected chi connectivity index (χ1v) is 4.68. The van der Waals surface area contributed by atoms with Crippen LogP contribution in [0.4, 0.5) is 5.82 Å². The van der Waals surface area contributed by atoms with Gasteiger partial charge in [0.25, 0.3) is 0 Å². The standard InChI is InChI=1S/C9H16N4O2/c1-13-8(3-5-11-13)12-9(14)7(10)4-6-15-2/h3,5,7H,4,6,10H2,1-2H3,(H,12,14). The van der Waals surface area contributed by atoms with Gasteiger partial charge in [0.15, 0.2) is 0 Å². The zero-order valence-corrected chi connectivity index (χ0v) is 8.93. The molecule has 0 aromatic carbocycles. The number of hydrogen-bond acceptors (Lipinski definition) is 4. The van der Waals surface area contributed by atoms with Gasteiger partial charge in [-0.3, -0.25) is 9.48 Å². The number of ether oxygens (including phenoxy) is 1. The maximum atomic E-state index is 11.5. The molecule has 0 spiro atoms. The van der Waals surface area contributed by atoms with Crippen molar-refractivity contribution in [2.24, 2.45) is 12.8 Å². The summed E-state index contributed by atoms with van der Waals surface area (Å²) in [4.78, 5) is 11.5. The fraction of sp³-hybridized carbons (Fsp3) is 0.556. The predicted molar refractivity (Wildman–Crippen MR) is 56.3 cm³/mol. The van der Waals surface area contributed by atoms with E-state index >= 15 is 0 Å². The summed E-state index contributed by atoms with van der Waals surface area (Å²) >= 11 is 0. The molecule has 0 fully saturated rings. The number of carbonyl (C=O) groups excluding carboxylic acids is 1. The van der Waals surface area contributed by atoms with Gasteiger partial charge in [-0.15, -0.1) is 0 Å². The summed E-state index contributed by atoms with van der Waals surface area (Å²) in [5.74, 6) is 0.406. The van der Waals surface area contributed by atoms with Crippen LogP contribution in [0, 0.1) is 0 Å². The van der Waals surface area contributed by atoms with Crippen LogP contribution in [0.5, 0.6) is 0 Å². The van der Waals surface area contributed by atoms with E-state index in [1.54, 1.807) is 31.1 Å². The van der Waals surface area contributed by atoms with E-state index in [9.17, 15) is 4.79 Å². The molecule has 1 heterocycles. The lowest BCUT2D eigenvalue weighted by Gasteiger charge is -2.11. The Morgan fingerprint density at radius 2 is 2.53 bits per heavy atom. The summed E-state index contributed by atoms with van der Waals surface area (Å²) in [6.45, 7) is 0.472. The zero-order chi connectivity index (χ0) is 11.3. The van der Waals surface area contributed by atoms with E-state index in [-0.39, 0.29) is 5.91 Å². The highest BCUT2D eigenvalue weighted by Crippen LogP contribution is 2.04. The number of aromatic nitrogens is 2. The number of carbonyl (C=O) groups is 1. The van der Waals surface area contributed by atoms with Crippen LogP contribution in [0.3, 0.4) is 0 Å². The van der Waals surface area contributed by atoms with Gasteiger partial charge in [0.1, 0.15) is 5.82 Å². The molecule has 0 aliphatic rings. The lowest BCUT2D eigenvalue weighted by atomic mass is 10.2. The van der Waals surface area contributed by atoms with Crippen molar-refractivity contribution in [3.05, 3.63) is 12.3 Å². The molecule has 1 rings (SSSR count). The van der Waals surface area contributed by atoms with Gasteiger partial charge in [-0.2, -0.15) is 5.10 Å². The Labute approximate surface area is 88.4 Å². The first-order chi connectivity index (χ1) is 7.15. The fourth-order valence-corrected chi connectivity index (χ4v) is 1.09. The van der Waals surface area contributed by atoms with Crippen molar-refractivity contribution in [2.45, 2.75) is 12.5 Å². The summed E-state index contributed by atoms with van der Waals surface area (Å²) in [7, 11) is 3.32. The van der Waals surface area contributed by atoms with E-state index in [4.69, 9.17) is 10.5 Å². The molecule has 0 aliphatic heterocycles. The second-order valence-electron chi connectivity index (χ2n) is 3.22. The van der Waals surface area contributed by atoms with Gasteiger partial charge in [0, 0.05) is 26.8 Å².